The molecule has 3 aromatic rings. The molecule has 0 spiro atoms. The summed E-state index contributed by atoms with van der Waals surface area (Å²) in [6.07, 6.45) is 1.65. The van der Waals surface area contributed by atoms with Gasteiger partial charge >= 0.3 is 0 Å². The standard InChI is InChI=1S/C19H18N2O3S2/c1-4-10-21-18(23)15-9-11-25-17(15)20-19(21)26-12(2)16(22)13-5-7-14(24-3)8-6-13/h4-9,11-12H,1,10H2,2-3H3. The second-order valence-corrected chi connectivity index (χ2v) is 7.79. The Kier molecular flexibility index (Phi) is 5.58. The molecule has 0 N–H and O–H groups in total. The highest BCUT2D eigenvalue weighted by Gasteiger charge is 2.20. The quantitative estimate of drug-likeness (QED) is 0.266. The van der Waals surface area contributed by atoms with Crippen LogP contribution in [0.4, 0.5) is 0 Å². The predicted octanol–water partition coefficient (Wildman–Crippen LogP) is 4.02. The average Bonchev–Trinajstić information content (AvgIpc) is 3.13. The van der Waals surface area contributed by atoms with E-state index in [0.717, 1.165) is 0 Å². The van der Waals surface area contributed by atoms with Crippen molar-refractivity contribution in [1.29, 1.82) is 0 Å². The normalized spacial score (nSPS) is 12.1. The van der Waals surface area contributed by atoms with Crippen molar-refractivity contribution < 1.29 is 9.53 Å². The van der Waals surface area contributed by atoms with E-state index >= 15 is 0 Å². The highest BCUT2D eigenvalue weighted by Crippen LogP contribution is 2.27. The fourth-order valence-corrected chi connectivity index (χ4v) is 4.31. The molecule has 0 aliphatic rings. The molecule has 1 aromatic carbocycles. The van der Waals surface area contributed by atoms with E-state index in [1.165, 1.54) is 23.1 Å². The van der Waals surface area contributed by atoms with Crippen LogP contribution in [0.2, 0.25) is 0 Å². The number of ether oxygens (including phenoxy) is 1. The minimum absolute atomic E-state index is 0.0247. The number of aromatic nitrogens is 2. The Morgan fingerprint density at radius 1 is 1.38 bits per heavy atom. The summed E-state index contributed by atoms with van der Waals surface area (Å²) in [4.78, 5) is 30.6. The van der Waals surface area contributed by atoms with Gasteiger partial charge in [-0.25, -0.2) is 4.98 Å². The molecule has 0 bridgehead atoms. The second-order valence-electron chi connectivity index (χ2n) is 5.59. The zero-order chi connectivity index (χ0) is 18.7. The Hall–Kier alpha value is -2.38. The van der Waals surface area contributed by atoms with Crippen LogP contribution in [0, 0.1) is 0 Å². The largest absolute Gasteiger partial charge is 0.497 e. The molecule has 1 atom stereocenters. The molecule has 134 valence electrons. The molecule has 0 amide bonds. The van der Waals surface area contributed by atoms with E-state index in [9.17, 15) is 9.59 Å². The summed E-state index contributed by atoms with van der Waals surface area (Å²) in [6.45, 7) is 5.88. The number of carbonyl (C=O) groups excluding carboxylic acids is 1. The Balaban J connectivity index is 1.91. The van der Waals surface area contributed by atoms with Crippen LogP contribution in [0.5, 0.6) is 5.75 Å². The van der Waals surface area contributed by atoms with Gasteiger partial charge in [0.25, 0.3) is 5.56 Å². The van der Waals surface area contributed by atoms with Crippen molar-refractivity contribution in [2.45, 2.75) is 23.9 Å². The molecule has 7 heteroatoms. The minimum Gasteiger partial charge on any atom is -0.497 e. The fourth-order valence-electron chi connectivity index (χ4n) is 2.51. The Bertz CT molecular complexity index is 1010. The van der Waals surface area contributed by atoms with Crippen LogP contribution in [0.3, 0.4) is 0 Å². The monoisotopic (exact) mass is 386 g/mol. The Morgan fingerprint density at radius 2 is 2.12 bits per heavy atom. The van der Waals surface area contributed by atoms with Crippen molar-refractivity contribution in [3.05, 3.63) is 64.3 Å². The Labute approximate surface area is 159 Å². The first kappa shape index (κ1) is 18.4. The van der Waals surface area contributed by atoms with Crippen LogP contribution in [-0.4, -0.2) is 27.7 Å². The van der Waals surface area contributed by atoms with E-state index < -0.39 is 0 Å². The van der Waals surface area contributed by atoms with E-state index in [-0.39, 0.29) is 16.6 Å². The van der Waals surface area contributed by atoms with Crippen LogP contribution in [-0.2, 0) is 6.54 Å². The third-order valence-electron chi connectivity index (χ3n) is 3.89. The van der Waals surface area contributed by atoms with Gasteiger partial charge < -0.3 is 4.74 Å². The molecule has 0 saturated heterocycles. The van der Waals surface area contributed by atoms with Gasteiger partial charge in [-0.1, -0.05) is 17.8 Å². The van der Waals surface area contributed by atoms with Gasteiger partial charge in [0.05, 0.1) is 17.7 Å². The zero-order valence-electron chi connectivity index (χ0n) is 14.5. The average molecular weight is 386 g/mol. The lowest BCUT2D eigenvalue weighted by molar-refractivity contribution is 0.0994. The smallest absolute Gasteiger partial charge is 0.263 e. The van der Waals surface area contributed by atoms with Gasteiger partial charge in [0, 0.05) is 12.1 Å². The number of rotatable bonds is 7. The topological polar surface area (TPSA) is 61.2 Å². The number of Topliss-reactive ketones (excluding diaryl/α,β-unsaturated/α-hetero) is 1. The molecule has 2 aromatic heterocycles. The van der Waals surface area contributed by atoms with Gasteiger partial charge in [0.15, 0.2) is 10.9 Å². The number of fused-ring (bicyclic) bond motifs is 1. The van der Waals surface area contributed by atoms with Gasteiger partial charge in [0.1, 0.15) is 10.6 Å². The number of thiophene rings is 1. The number of methoxy groups -OCH3 is 1. The lowest BCUT2D eigenvalue weighted by atomic mass is 10.1. The molecule has 26 heavy (non-hydrogen) atoms. The zero-order valence-corrected chi connectivity index (χ0v) is 16.1. The van der Waals surface area contributed by atoms with Crippen LogP contribution in [0.1, 0.15) is 17.3 Å². The highest BCUT2D eigenvalue weighted by molar-refractivity contribution is 8.00. The summed E-state index contributed by atoms with van der Waals surface area (Å²) >= 11 is 2.70. The van der Waals surface area contributed by atoms with Crippen molar-refractivity contribution in [3.8, 4) is 5.75 Å². The highest BCUT2D eigenvalue weighted by atomic mass is 32.2. The van der Waals surface area contributed by atoms with Crippen molar-refractivity contribution in [1.82, 2.24) is 9.55 Å². The van der Waals surface area contributed by atoms with Crippen LogP contribution < -0.4 is 10.3 Å². The molecule has 3 rings (SSSR count). The lowest BCUT2D eigenvalue weighted by Crippen LogP contribution is -2.24. The first-order chi connectivity index (χ1) is 12.5. The number of nitrogens with zero attached hydrogens (tertiary/aromatic N) is 2. The molecule has 0 aliphatic carbocycles. The Morgan fingerprint density at radius 3 is 2.77 bits per heavy atom. The molecule has 0 aliphatic heterocycles. The molecule has 5 nitrogen and oxygen atoms in total. The number of thioether (sulfide) groups is 1. The van der Waals surface area contributed by atoms with Crippen molar-refractivity contribution in [2.75, 3.05) is 7.11 Å². The molecular weight excluding hydrogens is 368 g/mol. The van der Waals surface area contributed by atoms with E-state index in [1.807, 2.05) is 12.3 Å². The van der Waals surface area contributed by atoms with Crippen LogP contribution in [0.25, 0.3) is 10.2 Å². The van der Waals surface area contributed by atoms with Crippen molar-refractivity contribution >= 4 is 39.1 Å². The molecule has 0 saturated carbocycles. The summed E-state index contributed by atoms with van der Waals surface area (Å²) in [5.41, 5.74) is 0.489. The molecule has 2 heterocycles. The van der Waals surface area contributed by atoms with E-state index in [2.05, 4.69) is 11.6 Å². The van der Waals surface area contributed by atoms with Crippen LogP contribution in [0.15, 0.2) is 58.3 Å². The molecule has 1 unspecified atom stereocenters. The van der Waals surface area contributed by atoms with Gasteiger partial charge in [-0.2, -0.15) is 0 Å². The maximum Gasteiger partial charge on any atom is 0.263 e. The summed E-state index contributed by atoms with van der Waals surface area (Å²) in [6, 6.07) is 8.77. The number of allylic oxidation sites excluding steroid dienone is 1. The minimum atomic E-state index is -0.385. The SMILES string of the molecule is C=CCn1c(SC(C)C(=O)c2ccc(OC)cc2)nc2sccc2c1=O. The predicted molar refractivity (Wildman–Crippen MR) is 107 cm³/mol. The molecule has 0 fully saturated rings. The number of hydrogen-bond donors (Lipinski definition) is 0. The maximum atomic E-state index is 12.7. The maximum absolute atomic E-state index is 12.7. The number of ketones is 1. The first-order valence-electron chi connectivity index (χ1n) is 7.99. The van der Waals surface area contributed by atoms with Crippen LogP contribution >= 0.6 is 23.1 Å². The summed E-state index contributed by atoms with van der Waals surface area (Å²) in [5.74, 6) is 0.676. The third kappa shape index (κ3) is 3.59. The summed E-state index contributed by atoms with van der Waals surface area (Å²) in [7, 11) is 1.58. The van der Waals surface area contributed by atoms with Gasteiger partial charge in [0.2, 0.25) is 0 Å². The first-order valence-corrected chi connectivity index (χ1v) is 9.75. The van der Waals surface area contributed by atoms with Crippen molar-refractivity contribution in [2.24, 2.45) is 0 Å². The number of hydrogen-bond acceptors (Lipinski definition) is 6. The van der Waals surface area contributed by atoms with Gasteiger partial charge in [-0.15, -0.1) is 17.9 Å². The van der Waals surface area contributed by atoms with Gasteiger partial charge in [-0.05, 0) is 42.6 Å². The van der Waals surface area contributed by atoms with E-state index in [4.69, 9.17) is 4.74 Å². The molecular formula is C19H18N2O3S2. The number of carbonyl (C=O) groups is 1. The van der Waals surface area contributed by atoms with E-state index in [0.29, 0.717) is 33.2 Å². The summed E-state index contributed by atoms with van der Waals surface area (Å²) < 4.78 is 6.68. The third-order valence-corrected chi connectivity index (χ3v) is 5.78. The van der Waals surface area contributed by atoms with Crippen molar-refractivity contribution in [3.63, 3.8) is 0 Å². The summed E-state index contributed by atoms with van der Waals surface area (Å²) in [5, 5.41) is 2.58. The fraction of sp³-hybridized carbons (Fsp3) is 0.211. The second kappa shape index (κ2) is 7.88. The van der Waals surface area contributed by atoms with Gasteiger partial charge in [-0.3, -0.25) is 14.2 Å². The lowest BCUT2D eigenvalue weighted by Gasteiger charge is -2.14. The molecule has 0 radical (unpaired) electrons. The van der Waals surface area contributed by atoms with E-state index in [1.54, 1.807) is 48.1 Å². The number of benzene rings is 1.